The third-order valence-corrected chi connectivity index (χ3v) is 12.7. The number of thiophene rings is 1. The Kier molecular flexibility index (Phi) is 7.40. The summed E-state index contributed by atoms with van der Waals surface area (Å²) in [4.78, 5) is 2.42. The molecule has 0 aliphatic carbocycles. The minimum absolute atomic E-state index is 0.852. The van der Waals surface area contributed by atoms with Crippen LogP contribution in [0.2, 0.25) is 0 Å². The van der Waals surface area contributed by atoms with Gasteiger partial charge >= 0.3 is 0 Å². The van der Waals surface area contributed by atoms with Crippen LogP contribution in [-0.4, -0.2) is 0 Å². The molecule has 0 aliphatic rings. The van der Waals surface area contributed by atoms with Crippen molar-refractivity contribution < 1.29 is 8.83 Å². The maximum Gasteiger partial charge on any atom is 0.136 e. The van der Waals surface area contributed by atoms with Crippen molar-refractivity contribution in [2.45, 2.75) is 0 Å². The van der Waals surface area contributed by atoms with Crippen molar-refractivity contribution in [3.63, 3.8) is 0 Å². The van der Waals surface area contributed by atoms with Crippen LogP contribution in [0.3, 0.4) is 0 Å². The molecule has 272 valence electrons. The molecule has 0 saturated heterocycles. The lowest BCUT2D eigenvalue weighted by atomic mass is 9.96. The Morgan fingerprint density at radius 1 is 0.345 bits per heavy atom. The van der Waals surface area contributed by atoms with Gasteiger partial charge in [-0.3, -0.25) is 0 Å². The minimum Gasteiger partial charge on any atom is -0.456 e. The van der Waals surface area contributed by atoms with E-state index in [1.54, 1.807) is 0 Å². The van der Waals surface area contributed by atoms with Crippen molar-refractivity contribution in [1.82, 2.24) is 0 Å². The van der Waals surface area contributed by atoms with Gasteiger partial charge in [0.15, 0.2) is 0 Å². The topological polar surface area (TPSA) is 29.5 Å². The van der Waals surface area contributed by atoms with Crippen molar-refractivity contribution >= 4 is 92.4 Å². The van der Waals surface area contributed by atoms with Crippen LogP contribution < -0.4 is 4.90 Å². The first-order valence-corrected chi connectivity index (χ1v) is 20.4. The number of hydrogen-bond donors (Lipinski definition) is 0. The Morgan fingerprint density at radius 3 is 1.72 bits per heavy atom. The zero-order valence-corrected chi connectivity index (χ0v) is 32.0. The Bertz CT molecular complexity index is 3500. The van der Waals surface area contributed by atoms with Crippen LogP contribution in [0.25, 0.3) is 97.4 Å². The molecule has 3 aromatic heterocycles. The van der Waals surface area contributed by atoms with Gasteiger partial charge in [-0.1, -0.05) is 140 Å². The Labute approximate surface area is 338 Å². The number of rotatable bonds is 6. The Morgan fingerprint density at radius 2 is 0.914 bits per heavy atom. The van der Waals surface area contributed by atoms with Crippen molar-refractivity contribution in [3.8, 4) is 33.4 Å². The molecular weight excluding hydrogens is 727 g/mol. The Hall–Kier alpha value is -7.40. The van der Waals surface area contributed by atoms with Gasteiger partial charge in [0, 0.05) is 48.4 Å². The second-order valence-electron chi connectivity index (χ2n) is 14.8. The number of hydrogen-bond acceptors (Lipinski definition) is 4. The number of fused-ring (bicyclic) bond motifs is 10. The summed E-state index contributed by atoms with van der Waals surface area (Å²) in [6.07, 6.45) is 0. The van der Waals surface area contributed by atoms with Crippen LogP contribution in [0.1, 0.15) is 0 Å². The van der Waals surface area contributed by atoms with Gasteiger partial charge < -0.3 is 13.7 Å². The van der Waals surface area contributed by atoms with Crippen LogP contribution in [0.15, 0.2) is 209 Å². The molecule has 12 rings (SSSR count). The van der Waals surface area contributed by atoms with E-state index >= 15 is 0 Å². The van der Waals surface area contributed by atoms with Crippen molar-refractivity contribution in [3.05, 3.63) is 200 Å². The fraction of sp³-hybridized carbons (Fsp3) is 0. The average Bonchev–Trinajstić information content (AvgIpc) is 3.99. The molecule has 58 heavy (non-hydrogen) atoms. The van der Waals surface area contributed by atoms with Gasteiger partial charge in [0.1, 0.15) is 22.3 Å². The van der Waals surface area contributed by atoms with E-state index in [9.17, 15) is 0 Å². The largest absolute Gasteiger partial charge is 0.456 e. The fourth-order valence-corrected chi connectivity index (χ4v) is 10.0. The van der Waals surface area contributed by atoms with Gasteiger partial charge in [0.05, 0.1) is 10.4 Å². The summed E-state index contributed by atoms with van der Waals surface area (Å²) in [5, 5.41) is 6.89. The molecule has 12 aromatic rings. The zero-order valence-electron chi connectivity index (χ0n) is 31.2. The van der Waals surface area contributed by atoms with E-state index in [4.69, 9.17) is 8.83 Å². The lowest BCUT2D eigenvalue weighted by molar-refractivity contribution is 0.663. The van der Waals surface area contributed by atoms with Crippen LogP contribution in [-0.2, 0) is 0 Å². The molecule has 3 nitrogen and oxygen atoms in total. The summed E-state index contributed by atoms with van der Waals surface area (Å²) in [7, 11) is 0. The lowest BCUT2D eigenvalue weighted by Crippen LogP contribution is -2.10. The average molecular weight is 760 g/mol. The van der Waals surface area contributed by atoms with Crippen LogP contribution in [0.4, 0.5) is 17.1 Å². The molecule has 0 saturated carbocycles. The molecule has 9 aromatic carbocycles. The fourth-order valence-electron chi connectivity index (χ4n) is 8.80. The van der Waals surface area contributed by atoms with E-state index < -0.39 is 0 Å². The lowest BCUT2D eigenvalue weighted by Gasteiger charge is -2.27. The van der Waals surface area contributed by atoms with E-state index in [0.29, 0.717) is 0 Å². The van der Waals surface area contributed by atoms with Gasteiger partial charge in [-0.05, 0) is 94.0 Å². The first-order chi connectivity index (χ1) is 28.7. The van der Waals surface area contributed by atoms with Gasteiger partial charge in [0.2, 0.25) is 0 Å². The van der Waals surface area contributed by atoms with Gasteiger partial charge in [-0.25, -0.2) is 0 Å². The predicted octanol–water partition coefficient (Wildman–Crippen LogP) is 16.3. The Balaban J connectivity index is 1.03. The molecule has 0 aliphatic heterocycles. The molecule has 0 unspecified atom stereocenters. The summed E-state index contributed by atoms with van der Waals surface area (Å²) in [5.74, 6) is 0. The SMILES string of the molecule is c1ccc(-c2ccc(-c3ccc(N(c4cccc(-c5cccc6oc7ccc8oc9ccccc9c8c7c56)c4)c4cccc5c4sc4ccccc45)cc3)cc2)cc1. The van der Waals surface area contributed by atoms with Gasteiger partial charge in [-0.15, -0.1) is 11.3 Å². The van der Waals surface area contributed by atoms with Crippen molar-refractivity contribution in [2.24, 2.45) is 0 Å². The molecule has 0 radical (unpaired) electrons. The maximum atomic E-state index is 6.56. The summed E-state index contributed by atoms with van der Waals surface area (Å²) in [6.45, 7) is 0. The molecule has 0 atom stereocenters. The third kappa shape index (κ3) is 5.19. The highest BCUT2D eigenvalue weighted by Crippen LogP contribution is 2.47. The summed E-state index contributed by atoms with van der Waals surface area (Å²) < 4.78 is 15.4. The molecule has 0 amide bonds. The molecule has 0 bridgehead atoms. The van der Waals surface area contributed by atoms with Crippen LogP contribution >= 0.6 is 11.3 Å². The van der Waals surface area contributed by atoms with Crippen molar-refractivity contribution in [1.29, 1.82) is 0 Å². The molecule has 3 heterocycles. The highest BCUT2D eigenvalue weighted by Gasteiger charge is 2.22. The standard InChI is InChI=1S/C54H33NO2S/c1-2-11-34(12-3-1)35-23-25-36(26-24-35)37-27-29-39(30-28-37)55(45-19-9-18-43-42-15-5-7-22-50(42)58-54(43)45)40-14-8-13-38(33-40)41-17-10-21-47-51(41)53-49(57-47)32-31-48-52(53)44-16-4-6-20-46(44)56-48/h1-33H. The number of benzene rings is 9. The molecule has 0 spiro atoms. The number of para-hydroxylation sites is 1. The number of nitrogens with zero attached hydrogens (tertiary/aromatic N) is 1. The van der Waals surface area contributed by atoms with Gasteiger partial charge in [0.25, 0.3) is 0 Å². The van der Waals surface area contributed by atoms with E-state index in [1.165, 1.54) is 42.4 Å². The zero-order chi connectivity index (χ0) is 38.2. The van der Waals surface area contributed by atoms with Gasteiger partial charge in [-0.2, -0.15) is 0 Å². The smallest absolute Gasteiger partial charge is 0.136 e. The first kappa shape index (κ1) is 32.8. The minimum atomic E-state index is 0.852. The van der Waals surface area contributed by atoms with E-state index in [2.05, 4.69) is 181 Å². The number of furan rings is 2. The third-order valence-electron chi connectivity index (χ3n) is 11.5. The summed E-state index contributed by atoms with van der Waals surface area (Å²) >= 11 is 1.85. The second-order valence-corrected chi connectivity index (χ2v) is 15.9. The maximum absolute atomic E-state index is 6.56. The molecule has 0 N–H and O–H groups in total. The van der Waals surface area contributed by atoms with Crippen LogP contribution in [0.5, 0.6) is 0 Å². The van der Waals surface area contributed by atoms with E-state index in [0.717, 1.165) is 72.1 Å². The van der Waals surface area contributed by atoms with Crippen molar-refractivity contribution in [2.75, 3.05) is 4.90 Å². The summed E-state index contributed by atoms with van der Waals surface area (Å²) in [5.41, 5.74) is 13.8. The predicted molar refractivity (Wildman–Crippen MR) is 245 cm³/mol. The first-order valence-electron chi connectivity index (χ1n) is 19.6. The quantitative estimate of drug-likeness (QED) is 0.169. The highest BCUT2D eigenvalue weighted by molar-refractivity contribution is 7.26. The monoisotopic (exact) mass is 759 g/mol. The van der Waals surface area contributed by atoms with Crippen LogP contribution in [0, 0.1) is 0 Å². The molecule has 0 fully saturated rings. The van der Waals surface area contributed by atoms with E-state index in [1.807, 2.05) is 35.6 Å². The normalized spacial score (nSPS) is 11.8. The molecule has 4 heteroatoms. The highest BCUT2D eigenvalue weighted by atomic mass is 32.1. The second kappa shape index (κ2) is 13.1. The summed E-state index contributed by atoms with van der Waals surface area (Å²) in [6, 6.07) is 71.5. The van der Waals surface area contributed by atoms with E-state index in [-0.39, 0.29) is 0 Å². The number of anilines is 3. The molecular formula is C54H33NO2S.